The van der Waals surface area contributed by atoms with Gasteiger partial charge in [-0.1, -0.05) is 60.7 Å². The van der Waals surface area contributed by atoms with Crippen molar-refractivity contribution >= 4 is 0 Å². The van der Waals surface area contributed by atoms with Crippen molar-refractivity contribution in [1.29, 1.82) is 0 Å². The van der Waals surface area contributed by atoms with Gasteiger partial charge < -0.3 is 4.90 Å². The highest BCUT2D eigenvalue weighted by Crippen LogP contribution is 2.32. The highest BCUT2D eigenvalue weighted by molar-refractivity contribution is 5.34. The van der Waals surface area contributed by atoms with E-state index >= 15 is 0 Å². The Morgan fingerprint density at radius 3 is 2.17 bits per heavy atom. The van der Waals surface area contributed by atoms with Crippen LogP contribution in [0.3, 0.4) is 0 Å². The largest absolute Gasteiger partial charge is 0.364 e. The second-order valence-electron chi connectivity index (χ2n) is 6.42. The fourth-order valence-electron chi connectivity index (χ4n) is 3.32. The van der Waals surface area contributed by atoms with Crippen molar-refractivity contribution in [2.75, 3.05) is 0 Å². The molecule has 0 saturated carbocycles. The minimum absolute atomic E-state index is 0.365. The van der Waals surface area contributed by atoms with E-state index in [1.54, 1.807) is 0 Å². The van der Waals surface area contributed by atoms with E-state index in [2.05, 4.69) is 98.6 Å². The molecule has 1 aliphatic rings. The van der Waals surface area contributed by atoms with Crippen LogP contribution in [0.25, 0.3) is 0 Å². The zero-order chi connectivity index (χ0) is 16.2. The molecule has 0 bridgehead atoms. The first-order valence-electron chi connectivity index (χ1n) is 8.38. The molecule has 0 spiro atoms. The van der Waals surface area contributed by atoms with Crippen LogP contribution in [0.2, 0.25) is 0 Å². The van der Waals surface area contributed by atoms with E-state index in [9.17, 15) is 0 Å². The van der Waals surface area contributed by atoms with Crippen molar-refractivity contribution in [1.82, 2.24) is 4.90 Å². The minimum Gasteiger partial charge on any atom is -0.364 e. The molecule has 0 saturated heterocycles. The molecule has 1 nitrogen and oxygen atoms in total. The average Bonchev–Trinajstić information content (AvgIpc) is 2.60. The fourth-order valence-corrected chi connectivity index (χ4v) is 3.32. The Labute approximate surface area is 140 Å². The molecule has 23 heavy (non-hydrogen) atoms. The molecule has 2 aromatic carbocycles. The molecule has 1 heteroatoms. The summed E-state index contributed by atoms with van der Waals surface area (Å²) >= 11 is 0. The van der Waals surface area contributed by atoms with Crippen molar-refractivity contribution in [3.63, 3.8) is 0 Å². The van der Waals surface area contributed by atoms with Gasteiger partial charge in [0.05, 0.1) is 12.1 Å². The predicted octanol–water partition coefficient (Wildman–Crippen LogP) is 5.52. The van der Waals surface area contributed by atoms with E-state index in [0.717, 1.165) is 6.42 Å². The maximum absolute atomic E-state index is 2.50. The summed E-state index contributed by atoms with van der Waals surface area (Å²) in [4.78, 5) is 2.50. The average molecular weight is 303 g/mol. The van der Waals surface area contributed by atoms with Gasteiger partial charge in [0.2, 0.25) is 0 Å². The van der Waals surface area contributed by atoms with Gasteiger partial charge in [0.15, 0.2) is 0 Å². The van der Waals surface area contributed by atoms with Crippen molar-refractivity contribution in [2.24, 2.45) is 0 Å². The zero-order valence-corrected chi connectivity index (χ0v) is 14.2. The first-order valence-corrected chi connectivity index (χ1v) is 8.38. The molecule has 0 unspecified atom stereocenters. The molecule has 2 atom stereocenters. The first-order chi connectivity index (χ1) is 11.2. The van der Waals surface area contributed by atoms with E-state index in [0.29, 0.717) is 12.1 Å². The van der Waals surface area contributed by atoms with Crippen LogP contribution in [-0.4, -0.2) is 10.9 Å². The van der Waals surface area contributed by atoms with Crippen molar-refractivity contribution < 1.29 is 0 Å². The number of benzene rings is 2. The fraction of sp³-hybridized carbons (Fsp3) is 0.273. The van der Waals surface area contributed by atoms with Gasteiger partial charge in [0.25, 0.3) is 0 Å². The smallest absolute Gasteiger partial charge is 0.0546 e. The minimum atomic E-state index is 0.365. The molecule has 1 heterocycles. The van der Waals surface area contributed by atoms with Gasteiger partial charge in [-0.2, -0.15) is 0 Å². The molecule has 0 fully saturated rings. The summed E-state index contributed by atoms with van der Waals surface area (Å²) < 4.78 is 0. The third kappa shape index (κ3) is 3.39. The van der Waals surface area contributed by atoms with E-state index < -0.39 is 0 Å². The van der Waals surface area contributed by atoms with Crippen molar-refractivity contribution in [3.05, 3.63) is 95.2 Å². The normalized spacial score (nSPS) is 19.1. The molecule has 0 N–H and O–H groups in total. The zero-order valence-electron chi connectivity index (χ0n) is 14.2. The Bertz CT molecular complexity index is 697. The van der Waals surface area contributed by atoms with Gasteiger partial charge in [-0.25, -0.2) is 0 Å². The summed E-state index contributed by atoms with van der Waals surface area (Å²) in [5.74, 6) is 0. The van der Waals surface area contributed by atoms with Gasteiger partial charge in [-0.05, 0) is 55.5 Å². The molecule has 0 aromatic heterocycles. The summed E-state index contributed by atoms with van der Waals surface area (Å²) in [5, 5.41) is 0. The van der Waals surface area contributed by atoms with Crippen LogP contribution in [0.4, 0.5) is 0 Å². The molecular weight excluding hydrogens is 278 g/mol. The lowest BCUT2D eigenvalue weighted by Crippen LogP contribution is -2.37. The number of nitrogens with zero attached hydrogens (tertiary/aromatic N) is 1. The number of rotatable bonds is 4. The number of allylic oxidation sites excluding steroid dienone is 2. The Balaban J connectivity index is 1.90. The predicted molar refractivity (Wildman–Crippen MR) is 98.1 cm³/mol. The number of hydrogen-bond donors (Lipinski definition) is 0. The lowest BCUT2D eigenvalue weighted by Gasteiger charge is -2.40. The summed E-state index contributed by atoms with van der Waals surface area (Å²) in [6.45, 7) is 6.79. The SMILES string of the molecule is CC1=C(C)[C@H](Cc2ccccc2)N([C@H](C)c2ccccc2)C=C1. The molecule has 1 aliphatic heterocycles. The van der Waals surface area contributed by atoms with E-state index in [1.165, 1.54) is 22.3 Å². The number of hydrogen-bond acceptors (Lipinski definition) is 1. The highest BCUT2D eigenvalue weighted by Gasteiger charge is 2.26. The molecule has 118 valence electrons. The Morgan fingerprint density at radius 2 is 1.52 bits per heavy atom. The second kappa shape index (κ2) is 6.87. The standard InChI is InChI=1S/C22H25N/c1-17-14-15-23(19(3)21-12-8-5-9-13-21)22(18(17)2)16-20-10-6-4-7-11-20/h4-15,19,22H,16H2,1-3H3/t19-,22+/m1/s1. The van der Waals surface area contributed by atoms with Gasteiger partial charge in [-0.15, -0.1) is 0 Å². The van der Waals surface area contributed by atoms with E-state index in [-0.39, 0.29) is 0 Å². The summed E-state index contributed by atoms with van der Waals surface area (Å²) in [6.07, 6.45) is 5.56. The molecule has 3 rings (SSSR count). The van der Waals surface area contributed by atoms with Crippen LogP contribution in [-0.2, 0) is 6.42 Å². The maximum atomic E-state index is 2.50. The van der Waals surface area contributed by atoms with E-state index in [4.69, 9.17) is 0 Å². The molecule has 2 aromatic rings. The van der Waals surface area contributed by atoms with E-state index in [1.807, 2.05) is 0 Å². The Kier molecular flexibility index (Phi) is 4.66. The van der Waals surface area contributed by atoms with Gasteiger partial charge in [-0.3, -0.25) is 0 Å². The molecule has 0 radical (unpaired) electrons. The van der Waals surface area contributed by atoms with Gasteiger partial charge in [0.1, 0.15) is 0 Å². The van der Waals surface area contributed by atoms with Crippen molar-refractivity contribution in [3.8, 4) is 0 Å². The van der Waals surface area contributed by atoms with Crippen LogP contribution in [0.1, 0.15) is 37.9 Å². The van der Waals surface area contributed by atoms with Crippen LogP contribution < -0.4 is 0 Å². The third-order valence-electron chi connectivity index (χ3n) is 4.98. The summed E-state index contributed by atoms with van der Waals surface area (Å²) in [7, 11) is 0. The lowest BCUT2D eigenvalue weighted by molar-refractivity contribution is 0.236. The summed E-state index contributed by atoms with van der Waals surface area (Å²) in [5.41, 5.74) is 5.62. The van der Waals surface area contributed by atoms with Gasteiger partial charge >= 0.3 is 0 Å². The van der Waals surface area contributed by atoms with Crippen LogP contribution in [0, 0.1) is 0 Å². The monoisotopic (exact) mass is 303 g/mol. The summed E-state index contributed by atoms with van der Waals surface area (Å²) in [6, 6.07) is 22.4. The quantitative estimate of drug-likeness (QED) is 0.718. The third-order valence-corrected chi connectivity index (χ3v) is 4.98. The Hall–Kier alpha value is -2.28. The lowest BCUT2D eigenvalue weighted by atomic mass is 9.91. The molecule has 0 aliphatic carbocycles. The van der Waals surface area contributed by atoms with Crippen LogP contribution in [0.5, 0.6) is 0 Å². The van der Waals surface area contributed by atoms with Gasteiger partial charge in [0, 0.05) is 6.20 Å². The van der Waals surface area contributed by atoms with Crippen molar-refractivity contribution in [2.45, 2.75) is 39.3 Å². The second-order valence-corrected chi connectivity index (χ2v) is 6.42. The molecule has 0 amide bonds. The van der Waals surface area contributed by atoms with Crippen LogP contribution in [0.15, 0.2) is 84.1 Å². The molecular formula is C22H25N. The van der Waals surface area contributed by atoms with Crippen LogP contribution >= 0.6 is 0 Å². The first kappa shape index (κ1) is 15.6. The Morgan fingerprint density at radius 1 is 0.913 bits per heavy atom. The topological polar surface area (TPSA) is 3.24 Å². The highest BCUT2D eigenvalue weighted by atomic mass is 15.2. The maximum Gasteiger partial charge on any atom is 0.0546 e.